The lowest BCUT2D eigenvalue weighted by molar-refractivity contribution is -0.133. The highest BCUT2D eigenvalue weighted by molar-refractivity contribution is 7.08. The molecule has 0 radical (unpaired) electrons. The Morgan fingerprint density at radius 2 is 2.00 bits per heavy atom. The number of aromatic nitrogens is 2. The lowest BCUT2D eigenvalue weighted by Gasteiger charge is -2.30. The summed E-state index contributed by atoms with van der Waals surface area (Å²) >= 11 is 1.54. The molecule has 0 aromatic carbocycles. The van der Waals surface area contributed by atoms with E-state index >= 15 is 0 Å². The number of amides is 2. The lowest BCUT2D eigenvalue weighted by atomic mass is 9.85. The van der Waals surface area contributed by atoms with Crippen LogP contribution < -0.4 is 10.6 Å². The third-order valence-electron chi connectivity index (χ3n) is 6.01. The Kier molecular flexibility index (Phi) is 6.64. The monoisotopic (exact) mass is 452 g/mol. The average molecular weight is 453 g/mol. The Morgan fingerprint density at radius 1 is 1.19 bits per heavy atom. The lowest BCUT2D eigenvalue weighted by Crippen LogP contribution is -2.50. The van der Waals surface area contributed by atoms with Gasteiger partial charge in [-0.25, -0.2) is 8.78 Å². The second-order valence-electron chi connectivity index (χ2n) is 8.39. The number of halogens is 2. The number of carbonyl (C=O) groups is 2. The molecular formula is C21H26F2N4O3S. The number of aryl methyl sites for hydroxylation is 1. The van der Waals surface area contributed by atoms with Gasteiger partial charge in [-0.15, -0.1) is 0 Å². The number of hydrogen-bond acceptors (Lipinski definition) is 6. The topological polar surface area (TPSA) is 97.1 Å². The molecule has 2 fully saturated rings. The van der Waals surface area contributed by atoms with Crippen LogP contribution in [0, 0.1) is 5.92 Å². The van der Waals surface area contributed by atoms with Crippen LogP contribution in [0.4, 0.5) is 8.78 Å². The van der Waals surface area contributed by atoms with E-state index in [0.29, 0.717) is 31.0 Å². The first-order chi connectivity index (χ1) is 14.9. The Balaban J connectivity index is 1.24. The summed E-state index contributed by atoms with van der Waals surface area (Å²) in [4.78, 5) is 29.2. The third-order valence-corrected chi connectivity index (χ3v) is 6.70. The smallest absolute Gasteiger partial charge is 0.248 e. The van der Waals surface area contributed by atoms with Gasteiger partial charge < -0.3 is 15.2 Å². The Hall–Kier alpha value is -2.36. The van der Waals surface area contributed by atoms with Crippen LogP contribution in [0.1, 0.15) is 57.3 Å². The molecule has 0 spiro atoms. The van der Waals surface area contributed by atoms with Crippen molar-refractivity contribution in [3.63, 3.8) is 0 Å². The quantitative estimate of drug-likeness (QED) is 0.668. The van der Waals surface area contributed by atoms with Gasteiger partial charge in [0, 0.05) is 54.6 Å². The second-order valence-corrected chi connectivity index (χ2v) is 9.17. The maximum absolute atomic E-state index is 13.6. The van der Waals surface area contributed by atoms with Gasteiger partial charge in [0.25, 0.3) is 0 Å². The summed E-state index contributed by atoms with van der Waals surface area (Å²) in [5.41, 5.74) is 0.879. The molecule has 168 valence electrons. The minimum atomic E-state index is -2.76. The summed E-state index contributed by atoms with van der Waals surface area (Å²) in [6, 6.07) is 1.49. The molecule has 31 heavy (non-hydrogen) atoms. The molecule has 2 aliphatic carbocycles. The highest BCUT2D eigenvalue weighted by atomic mass is 32.1. The number of hydrogen-bond donors (Lipinski definition) is 2. The van der Waals surface area contributed by atoms with Gasteiger partial charge in [0.15, 0.2) is 0 Å². The van der Waals surface area contributed by atoms with Crippen LogP contribution in [0.5, 0.6) is 0 Å². The van der Waals surface area contributed by atoms with Crippen LogP contribution in [-0.4, -0.2) is 40.0 Å². The molecule has 2 aromatic heterocycles. The van der Waals surface area contributed by atoms with E-state index in [9.17, 15) is 18.4 Å². The van der Waals surface area contributed by atoms with Crippen molar-refractivity contribution in [1.82, 2.24) is 20.8 Å². The molecule has 2 amide bonds. The molecule has 2 aromatic rings. The van der Waals surface area contributed by atoms with Gasteiger partial charge >= 0.3 is 0 Å². The predicted molar refractivity (Wildman–Crippen MR) is 111 cm³/mol. The minimum Gasteiger partial charge on any atom is -0.351 e. The molecule has 2 heterocycles. The standard InChI is InChI=1S/C21H26F2N4O3S/c22-21(23)9-2-3-13(11-21)20(29)25-16-5-1-4-15(16)24-17(28)6-7-18-26-19(27-30-18)14-8-10-31-12-14/h8,10,12-13,15-16H,1-7,9,11H2,(H,24,28)(H,25,29)/t13?,15-,16+/m0/s1. The van der Waals surface area contributed by atoms with Gasteiger partial charge in [0.2, 0.25) is 29.5 Å². The summed E-state index contributed by atoms with van der Waals surface area (Å²) in [5.74, 6) is -3.00. The van der Waals surface area contributed by atoms with Crippen LogP contribution in [-0.2, 0) is 16.0 Å². The van der Waals surface area contributed by atoms with E-state index in [1.165, 1.54) is 11.3 Å². The van der Waals surface area contributed by atoms with Crippen molar-refractivity contribution in [1.29, 1.82) is 0 Å². The van der Waals surface area contributed by atoms with E-state index < -0.39 is 11.8 Å². The molecule has 10 heteroatoms. The number of alkyl halides is 2. The van der Waals surface area contributed by atoms with E-state index in [2.05, 4.69) is 20.8 Å². The van der Waals surface area contributed by atoms with Crippen molar-refractivity contribution < 1.29 is 22.9 Å². The molecule has 0 aliphatic heterocycles. The van der Waals surface area contributed by atoms with Crippen molar-refractivity contribution in [2.75, 3.05) is 0 Å². The second kappa shape index (κ2) is 9.42. The number of nitrogens with zero attached hydrogens (tertiary/aromatic N) is 2. The van der Waals surface area contributed by atoms with Gasteiger partial charge in [-0.1, -0.05) is 5.16 Å². The number of carbonyl (C=O) groups excluding carboxylic acids is 2. The van der Waals surface area contributed by atoms with Crippen molar-refractivity contribution in [3.05, 3.63) is 22.7 Å². The number of thiophene rings is 1. The van der Waals surface area contributed by atoms with Gasteiger partial charge in [-0.2, -0.15) is 16.3 Å². The highest BCUT2D eigenvalue weighted by Gasteiger charge is 2.40. The first-order valence-corrected chi connectivity index (χ1v) is 11.7. The summed E-state index contributed by atoms with van der Waals surface area (Å²) in [5, 5.41) is 13.6. The normalized spacial score (nSPS) is 25.3. The molecule has 1 unspecified atom stereocenters. The first-order valence-electron chi connectivity index (χ1n) is 10.7. The zero-order chi connectivity index (χ0) is 21.8. The van der Waals surface area contributed by atoms with E-state index in [-0.39, 0.29) is 43.2 Å². The fourth-order valence-electron chi connectivity index (χ4n) is 4.37. The van der Waals surface area contributed by atoms with E-state index in [0.717, 1.165) is 24.8 Å². The SMILES string of the molecule is O=C(CCc1nc(-c2ccsc2)no1)N[C@H]1CCC[C@H]1NC(=O)C1CCCC(F)(F)C1. The zero-order valence-corrected chi connectivity index (χ0v) is 17.9. The Morgan fingerprint density at radius 3 is 2.74 bits per heavy atom. The molecule has 0 bridgehead atoms. The highest BCUT2D eigenvalue weighted by Crippen LogP contribution is 2.37. The third kappa shape index (κ3) is 5.66. The van der Waals surface area contributed by atoms with Crippen LogP contribution in [0.25, 0.3) is 11.4 Å². The minimum absolute atomic E-state index is 0.145. The van der Waals surface area contributed by atoms with Gasteiger partial charge in [-0.05, 0) is 43.6 Å². The molecule has 7 nitrogen and oxygen atoms in total. The van der Waals surface area contributed by atoms with Crippen LogP contribution in [0.2, 0.25) is 0 Å². The van der Waals surface area contributed by atoms with Gasteiger partial charge in [0.1, 0.15) is 0 Å². The molecule has 3 atom stereocenters. The Labute approximate surface area is 183 Å². The molecule has 2 saturated carbocycles. The van der Waals surface area contributed by atoms with Crippen molar-refractivity contribution >= 4 is 23.2 Å². The molecule has 4 rings (SSSR count). The fourth-order valence-corrected chi connectivity index (χ4v) is 5.00. The fraction of sp³-hybridized carbons (Fsp3) is 0.619. The largest absolute Gasteiger partial charge is 0.351 e. The van der Waals surface area contributed by atoms with Crippen LogP contribution in [0.15, 0.2) is 21.3 Å². The number of rotatable bonds is 7. The van der Waals surface area contributed by atoms with Gasteiger partial charge in [0.05, 0.1) is 0 Å². The molecule has 2 N–H and O–H groups in total. The summed E-state index contributed by atoms with van der Waals surface area (Å²) in [7, 11) is 0. The Bertz CT molecular complexity index is 902. The maximum atomic E-state index is 13.6. The van der Waals surface area contributed by atoms with Crippen molar-refractivity contribution in [2.45, 2.75) is 75.8 Å². The van der Waals surface area contributed by atoms with E-state index in [1.807, 2.05) is 16.8 Å². The van der Waals surface area contributed by atoms with Gasteiger partial charge in [-0.3, -0.25) is 9.59 Å². The molecule has 2 aliphatic rings. The zero-order valence-electron chi connectivity index (χ0n) is 17.1. The predicted octanol–water partition coefficient (Wildman–Crippen LogP) is 3.71. The van der Waals surface area contributed by atoms with Crippen molar-refractivity contribution in [3.8, 4) is 11.4 Å². The summed E-state index contributed by atoms with van der Waals surface area (Å²) in [6.45, 7) is 0. The summed E-state index contributed by atoms with van der Waals surface area (Å²) < 4.78 is 32.5. The van der Waals surface area contributed by atoms with Crippen molar-refractivity contribution in [2.24, 2.45) is 5.92 Å². The van der Waals surface area contributed by atoms with E-state index in [4.69, 9.17) is 4.52 Å². The average Bonchev–Trinajstić information content (AvgIpc) is 3.48. The molecular weight excluding hydrogens is 426 g/mol. The summed E-state index contributed by atoms with van der Waals surface area (Å²) in [6.07, 6.45) is 3.18. The van der Waals surface area contributed by atoms with Crippen LogP contribution in [0.3, 0.4) is 0 Å². The molecule has 0 saturated heterocycles. The first kappa shape index (κ1) is 21.9. The van der Waals surface area contributed by atoms with Crippen LogP contribution >= 0.6 is 11.3 Å². The maximum Gasteiger partial charge on any atom is 0.248 e. The van der Waals surface area contributed by atoms with E-state index in [1.54, 1.807) is 0 Å². The number of nitrogens with one attached hydrogen (secondary N) is 2.